The molecule has 1 aliphatic heterocycles. The summed E-state index contributed by atoms with van der Waals surface area (Å²) < 4.78 is 10.7. The van der Waals surface area contributed by atoms with Gasteiger partial charge in [-0.1, -0.05) is 17.7 Å². The molecule has 9 atom stereocenters. The molecule has 0 bridgehead atoms. The van der Waals surface area contributed by atoms with Crippen LogP contribution in [0.1, 0.15) is 5.56 Å². The van der Waals surface area contributed by atoms with Gasteiger partial charge in [0.15, 0.2) is 6.29 Å². The standard InChI is InChI=1S/C19H30N2O10/c1-9-2-4-10(5-3-9)21-20-6-12(15(26)14(25)11(24)7-22)30-19-18(29)17(28)16(27)13(8-23)31-19/h2-6,11-19,21-29H,7-8H2,1H3/t11-,12+,13-,14-,15-,16-,17+,18-,19-/m1/s1. The zero-order valence-corrected chi connectivity index (χ0v) is 16.8. The number of nitrogens with one attached hydrogen (secondary N) is 1. The monoisotopic (exact) mass is 446 g/mol. The second-order valence-electron chi connectivity index (χ2n) is 7.29. The number of hydrazone groups is 1. The molecule has 1 saturated heterocycles. The molecule has 1 aliphatic rings. The maximum atomic E-state index is 10.4. The van der Waals surface area contributed by atoms with Crippen LogP contribution in [0.4, 0.5) is 5.69 Å². The molecule has 1 fully saturated rings. The van der Waals surface area contributed by atoms with Crippen LogP contribution in [-0.4, -0.2) is 115 Å². The van der Waals surface area contributed by atoms with Crippen LogP contribution in [0.25, 0.3) is 0 Å². The lowest BCUT2D eigenvalue weighted by molar-refractivity contribution is -0.312. The van der Waals surface area contributed by atoms with Crippen LogP contribution >= 0.6 is 0 Å². The van der Waals surface area contributed by atoms with E-state index < -0.39 is 68.3 Å². The Morgan fingerprint density at radius 3 is 2.26 bits per heavy atom. The Kier molecular flexibility index (Phi) is 9.71. The number of aliphatic hydroxyl groups excluding tert-OH is 8. The first kappa shape index (κ1) is 25.5. The van der Waals surface area contributed by atoms with Gasteiger partial charge in [-0.3, -0.25) is 5.43 Å². The zero-order chi connectivity index (χ0) is 23.1. The number of hydrogen-bond acceptors (Lipinski definition) is 12. The van der Waals surface area contributed by atoms with Crippen molar-refractivity contribution < 1.29 is 50.3 Å². The van der Waals surface area contributed by atoms with Gasteiger partial charge in [0.05, 0.1) is 25.1 Å². The van der Waals surface area contributed by atoms with Crippen LogP contribution in [0.3, 0.4) is 0 Å². The Labute approximate surface area is 178 Å². The minimum Gasteiger partial charge on any atom is -0.394 e. The van der Waals surface area contributed by atoms with Gasteiger partial charge >= 0.3 is 0 Å². The molecule has 0 amide bonds. The van der Waals surface area contributed by atoms with Crippen LogP contribution < -0.4 is 5.43 Å². The van der Waals surface area contributed by atoms with Crippen molar-refractivity contribution in [1.82, 2.24) is 0 Å². The van der Waals surface area contributed by atoms with Gasteiger partial charge in [0.1, 0.15) is 48.8 Å². The molecular weight excluding hydrogens is 416 g/mol. The van der Waals surface area contributed by atoms with Crippen LogP contribution in [-0.2, 0) is 9.47 Å². The van der Waals surface area contributed by atoms with Crippen molar-refractivity contribution >= 4 is 11.9 Å². The Bertz CT molecular complexity index is 689. The Morgan fingerprint density at radius 2 is 1.68 bits per heavy atom. The number of benzene rings is 1. The average molecular weight is 446 g/mol. The number of anilines is 1. The number of aryl methyl sites for hydroxylation is 1. The van der Waals surface area contributed by atoms with Crippen molar-refractivity contribution in [1.29, 1.82) is 0 Å². The second kappa shape index (κ2) is 11.8. The van der Waals surface area contributed by atoms with Crippen LogP contribution in [0.2, 0.25) is 0 Å². The summed E-state index contributed by atoms with van der Waals surface area (Å²) >= 11 is 0. The van der Waals surface area contributed by atoms with Gasteiger partial charge in [0.2, 0.25) is 0 Å². The van der Waals surface area contributed by atoms with E-state index in [2.05, 4.69) is 10.5 Å². The molecule has 1 heterocycles. The summed E-state index contributed by atoms with van der Waals surface area (Å²) in [5.41, 5.74) is 4.29. The SMILES string of the molecule is Cc1ccc(NN=C[C@H](O[C@@H]2O[C@H](CO)[C@@H](O)[C@H](O)[C@H]2O)[C@@H](O)[C@H](O)[C@H](O)CO)cc1. The van der Waals surface area contributed by atoms with E-state index in [1.807, 2.05) is 19.1 Å². The smallest absolute Gasteiger partial charge is 0.187 e. The van der Waals surface area contributed by atoms with Gasteiger partial charge in [-0.2, -0.15) is 5.10 Å². The molecule has 12 nitrogen and oxygen atoms in total. The van der Waals surface area contributed by atoms with E-state index in [-0.39, 0.29) is 0 Å². The lowest BCUT2D eigenvalue weighted by Gasteiger charge is -2.41. The van der Waals surface area contributed by atoms with Crippen molar-refractivity contribution in [2.75, 3.05) is 18.6 Å². The summed E-state index contributed by atoms with van der Waals surface area (Å²) in [7, 11) is 0. The molecular formula is C19H30N2O10. The van der Waals surface area contributed by atoms with Gasteiger partial charge in [-0.15, -0.1) is 0 Å². The molecule has 0 radical (unpaired) electrons. The fourth-order valence-electron chi connectivity index (χ4n) is 2.88. The number of nitrogens with zero attached hydrogens (tertiary/aromatic N) is 1. The molecule has 12 heteroatoms. The third-order valence-corrected chi connectivity index (χ3v) is 4.87. The van der Waals surface area contributed by atoms with E-state index >= 15 is 0 Å². The third-order valence-electron chi connectivity index (χ3n) is 4.87. The van der Waals surface area contributed by atoms with Crippen molar-refractivity contribution in [3.05, 3.63) is 29.8 Å². The molecule has 31 heavy (non-hydrogen) atoms. The zero-order valence-electron chi connectivity index (χ0n) is 16.8. The first-order chi connectivity index (χ1) is 14.7. The summed E-state index contributed by atoms with van der Waals surface area (Å²) in [6.45, 7) is 0.373. The second-order valence-corrected chi connectivity index (χ2v) is 7.29. The van der Waals surface area contributed by atoms with Crippen molar-refractivity contribution in [3.63, 3.8) is 0 Å². The van der Waals surface area contributed by atoms with E-state index in [4.69, 9.17) is 14.6 Å². The Hall–Kier alpha value is -1.71. The first-order valence-corrected chi connectivity index (χ1v) is 9.66. The van der Waals surface area contributed by atoms with Gasteiger partial charge in [0, 0.05) is 0 Å². The molecule has 0 aliphatic carbocycles. The highest BCUT2D eigenvalue weighted by atomic mass is 16.7. The molecule has 1 aromatic rings. The molecule has 0 aromatic heterocycles. The summed E-state index contributed by atoms with van der Waals surface area (Å²) in [4.78, 5) is 0. The lowest BCUT2D eigenvalue weighted by atomic mass is 9.99. The first-order valence-electron chi connectivity index (χ1n) is 9.66. The number of ether oxygens (including phenoxy) is 2. The van der Waals surface area contributed by atoms with Gasteiger partial charge < -0.3 is 50.3 Å². The highest BCUT2D eigenvalue weighted by Crippen LogP contribution is 2.24. The minimum absolute atomic E-state index is 0.596. The molecule has 176 valence electrons. The van der Waals surface area contributed by atoms with Crippen molar-refractivity contribution in [2.24, 2.45) is 5.10 Å². The Morgan fingerprint density at radius 1 is 1.03 bits per heavy atom. The maximum Gasteiger partial charge on any atom is 0.187 e. The molecule has 0 unspecified atom stereocenters. The Balaban J connectivity index is 2.17. The molecule has 0 spiro atoms. The van der Waals surface area contributed by atoms with Crippen LogP contribution in [0.5, 0.6) is 0 Å². The van der Waals surface area contributed by atoms with Gasteiger partial charge in [-0.05, 0) is 19.1 Å². The van der Waals surface area contributed by atoms with E-state index in [1.54, 1.807) is 12.1 Å². The number of hydrogen-bond donors (Lipinski definition) is 9. The average Bonchev–Trinajstić information content (AvgIpc) is 2.78. The summed E-state index contributed by atoms with van der Waals surface area (Å²) in [6, 6.07) is 7.13. The quantitative estimate of drug-likeness (QED) is 0.128. The van der Waals surface area contributed by atoms with E-state index in [1.165, 1.54) is 0 Å². The number of aliphatic hydroxyl groups is 8. The topological polar surface area (TPSA) is 205 Å². The van der Waals surface area contributed by atoms with Crippen LogP contribution in [0, 0.1) is 6.92 Å². The fraction of sp³-hybridized carbons (Fsp3) is 0.632. The lowest BCUT2D eigenvalue weighted by Crippen LogP contribution is -2.60. The molecule has 9 N–H and O–H groups in total. The highest BCUT2D eigenvalue weighted by molar-refractivity contribution is 5.65. The van der Waals surface area contributed by atoms with E-state index in [9.17, 15) is 35.7 Å². The fourth-order valence-corrected chi connectivity index (χ4v) is 2.88. The van der Waals surface area contributed by atoms with Gasteiger partial charge in [0.25, 0.3) is 0 Å². The molecule has 1 aromatic carbocycles. The molecule has 0 saturated carbocycles. The van der Waals surface area contributed by atoms with Crippen molar-refractivity contribution in [2.45, 2.75) is 62.0 Å². The predicted octanol–water partition coefficient (Wildman–Crippen LogP) is -3.35. The summed E-state index contributed by atoms with van der Waals surface area (Å²) in [6.07, 6.45) is -13.8. The van der Waals surface area contributed by atoms with E-state index in [0.29, 0.717) is 5.69 Å². The normalized spacial score (nSPS) is 30.7. The maximum absolute atomic E-state index is 10.4. The minimum atomic E-state index is -1.86. The van der Waals surface area contributed by atoms with Gasteiger partial charge in [-0.25, -0.2) is 0 Å². The molecule has 2 rings (SSSR count). The van der Waals surface area contributed by atoms with Crippen molar-refractivity contribution in [3.8, 4) is 0 Å². The predicted molar refractivity (Wildman–Crippen MR) is 107 cm³/mol. The third kappa shape index (κ3) is 6.63. The van der Waals surface area contributed by atoms with Crippen LogP contribution in [0.15, 0.2) is 29.4 Å². The highest BCUT2D eigenvalue weighted by Gasteiger charge is 2.46. The van der Waals surface area contributed by atoms with E-state index in [0.717, 1.165) is 11.8 Å². The number of rotatable bonds is 10. The summed E-state index contributed by atoms with van der Waals surface area (Å²) in [5.74, 6) is 0. The largest absolute Gasteiger partial charge is 0.394 e. The summed E-state index contributed by atoms with van der Waals surface area (Å²) in [5, 5.41) is 82.2.